The second-order valence-electron chi connectivity index (χ2n) is 7.51. The van der Waals surface area contributed by atoms with E-state index in [4.69, 9.17) is 4.43 Å². The van der Waals surface area contributed by atoms with E-state index in [1.165, 1.54) is 21.5 Å². The zero-order valence-corrected chi connectivity index (χ0v) is 18.0. The van der Waals surface area contributed by atoms with E-state index >= 15 is 0 Å². The summed E-state index contributed by atoms with van der Waals surface area (Å²) in [5, 5.41) is 2.82. The van der Waals surface area contributed by atoms with Crippen LogP contribution in [-0.2, 0) is 4.43 Å². The highest BCUT2D eigenvalue weighted by atomic mass is 28.4. The summed E-state index contributed by atoms with van der Waals surface area (Å²) in [5.74, 6) is 0. The first kappa shape index (κ1) is 18.9. The number of hydrogen-bond acceptors (Lipinski definition) is 1. The van der Waals surface area contributed by atoms with Crippen molar-refractivity contribution in [2.24, 2.45) is 0 Å². The fraction of sp³-hybridized carbons (Fsp3) is 0.333. The molecule has 0 spiro atoms. The Kier molecular flexibility index (Phi) is 6.02. The van der Waals surface area contributed by atoms with Gasteiger partial charge >= 0.3 is 0 Å². The molecule has 0 fully saturated rings. The molecule has 128 valence electrons. The van der Waals surface area contributed by atoms with Gasteiger partial charge in [-0.1, -0.05) is 73.4 Å². The summed E-state index contributed by atoms with van der Waals surface area (Å²) < 4.78 is 6.22. The van der Waals surface area contributed by atoms with Crippen LogP contribution in [0, 0.1) is 0 Å². The van der Waals surface area contributed by atoms with Gasteiger partial charge in [-0.2, -0.15) is 0 Å². The lowest BCUT2D eigenvalue weighted by molar-refractivity contribution is 0.238. The Morgan fingerprint density at radius 1 is 1.00 bits per heavy atom. The molecule has 2 rings (SSSR count). The van der Waals surface area contributed by atoms with E-state index < -0.39 is 17.1 Å². The molecule has 0 saturated heterocycles. The second kappa shape index (κ2) is 7.64. The highest BCUT2D eigenvalue weighted by Crippen LogP contribution is 2.21. The predicted octanol–water partition coefficient (Wildman–Crippen LogP) is 4.28. The summed E-state index contributed by atoms with van der Waals surface area (Å²) in [4.78, 5) is 0. The molecule has 0 aliphatic carbocycles. The minimum Gasteiger partial charge on any atom is -0.411 e. The van der Waals surface area contributed by atoms with Crippen molar-refractivity contribution in [2.45, 2.75) is 46.1 Å². The Morgan fingerprint density at radius 3 is 2.17 bits per heavy atom. The Morgan fingerprint density at radius 2 is 1.62 bits per heavy atom. The quantitative estimate of drug-likeness (QED) is 0.704. The SMILES string of the molecule is C=C(c1ccc([SiH](C)C)cc1)c1cccc([Si](C)(C)OC(C)C)c1. The molecule has 0 aliphatic heterocycles. The molecule has 0 aromatic heterocycles. The van der Waals surface area contributed by atoms with E-state index in [0.29, 0.717) is 0 Å². The van der Waals surface area contributed by atoms with Crippen molar-refractivity contribution in [3.8, 4) is 0 Å². The van der Waals surface area contributed by atoms with Crippen LogP contribution < -0.4 is 10.4 Å². The van der Waals surface area contributed by atoms with E-state index in [1.807, 2.05) is 0 Å². The summed E-state index contributed by atoms with van der Waals surface area (Å²) in [7, 11) is -2.62. The first-order chi connectivity index (χ1) is 11.2. The number of hydrogen-bond donors (Lipinski definition) is 0. The normalized spacial score (nSPS) is 12.0. The largest absolute Gasteiger partial charge is 0.411 e. The van der Waals surface area contributed by atoms with Gasteiger partial charge in [-0.25, -0.2) is 0 Å². The van der Waals surface area contributed by atoms with E-state index in [2.05, 4.69) is 95.1 Å². The molecular weight excluding hydrogens is 324 g/mol. The smallest absolute Gasteiger partial charge is 0.218 e. The van der Waals surface area contributed by atoms with Crippen LogP contribution in [0.4, 0.5) is 0 Å². The van der Waals surface area contributed by atoms with Crippen molar-refractivity contribution < 1.29 is 4.43 Å². The van der Waals surface area contributed by atoms with Gasteiger partial charge in [-0.15, -0.1) is 0 Å². The predicted molar refractivity (Wildman–Crippen MR) is 113 cm³/mol. The van der Waals surface area contributed by atoms with Crippen LogP contribution in [0.1, 0.15) is 25.0 Å². The lowest BCUT2D eigenvalue weighted by Crippen LogP contribution is -2.46. The lowest BCUT2D eigenvalue weighted by atomic mass is 10.00. The van der Waals surface area contributed by atoms with E-state index in [9.17, 15) is 0 Å². The average Bonchev–Trinajstić information content (AvgIpc) is 2.53. The van der Waals surface area contributed by atoms with Gasteiger partial charge in [0.05, 0.1) is 8.80 Å². The molecule has 0 amide bonds. The zero-order valence-electron chi connectivity index (χ0n) is 15.9. The molecular formula is C21H30OSi2. The van der Waals surface area contributed by atoms with Gasteiger partial charge in [-0.05, 0) is 48.8 Å². The van der Waals surface area contributed by atoms with Gasteiger partial charge in [0.15, 0.2) is 0 Å². The van der Waals surface area contributed by atoms with Crippen molar-refractivity contribution in [1.29, 1.82) is 0 Å². The molecule has 24 heavy (non-hydrogen) atoms. The maximum atomic E-state index is 6.22. The molecule has 0 aliphatic rings. The van der Waals surface area contributed by atoms with E-state index in [1.54, 1.807) is 0 Å². The summed E-state index contributed by atoms with van der Waals surface area (Å²) in [5.41, 5.74) is 3.48. The van der Waals surface area contributed by atoms with Gasteiger partial charge in [0.1, 0.15) is 0 Å². The van der Waals surface area contributed by atoms with Crippen molar-refractivity contribution in [1.82, 2.24) is 0 Å². The zero-order chi connectivity index (χ0) is 17.9. The maximum absolute atomic E-state index is 6.22. The van der Waals surface area contributed by atoms with E-state index in [-0.39, 0.29) is 6.10 Å². The Hall–Kier alpha value is -1.43. The molecule has 0 atom stereocenters. The van der Waals surface area contributed by atoms with Gasteiger partial charge < -0.3 is 4.43 Å². The summed E-state index contributed by atoms with van der Waals surface area (Å²) >= 11 is 0. The summed E-state index contributed by atoms with van der Waals surface area (Å²) in [6.07, 6.45) is 0.256. The minimum atomic E-state index is -1.88. The second-order valence-corrected chi connectivity index (χ2v) is 14.3. The van der Waals surface area contributed by atoms with Crippen molar-refractivity contribution >= 4 is 33.1 Å². The molecule has 2 aromatic carbocycles. The first-order valence-corrected chi connectivity index (χ1v) is 14.6. The molecule has 0 heterocycles. The average molecular weight is 355 g/mol. The van der Waals surface area contributed by atoms with E-state index in [0.717, 1.165) is 5.57 Å². The third kappa shape index (κ3) is 4.56. The number of benzene rings is 2. The third-order valence-electron chi connectivity index (χ3n) is 4.36. The molecule has 0 saturated carbocycles. The minimum absolute atomic E-state index is 0.256. The summed E-state index contributed by atoms with van der Waals surface area (Å²) in [6.45, 7) is 17.8. The topological polar surface area (TPSA) is 9.23 Å². The van der Waals surface area contributed by atoms with Crippen molar-refractivity contribution in [2.75, 3.05) is 0 Å². The molecule has 0 unspecified atom stereocenters. The molecule has 0 N–H and O–H groups in total. The molecule has 0 bridgehead atoms. The van der Waals surface area contributed by atoms with Gasteiger partial charge in [0, 0.05) is 6.10 Å². The van der Waals surface area contributed by atoms with Gasteiger partial charge in [-0.3, -0.25) is 0 Å². The molecule has 3 heteroatoms. The highest BCUT2D eigenvalue weighted by molar-refractivity contribution is 6.84. The van der Waals surface area contributed by atoms with Crippen LogP contribution in [-0.4, -0.2) is 23.2 Å². The van der Waals surface area contributed by atoms with Crippen LogP contribution in [0.3, 0.4) is 0 Å². The molecule has 1 nitrogen and oxygen atoms in total. The van der Waals surface area contributed by atoms with Gasteiger partial charge in [0.25, 0.3) is 0 Å². The van der Waals surface area contributed by atoms with Crippen LogP contribution >= 0.6 is 0 Å². The van der Waals surface area contributed by atoms with Crippen molar-refractivity contribution in [3.05, 3.63) is 66.2 Å². The van der Waals surface area contributed by atoms with Crippen LogP contribution in [0.15, 0.2) is 55.1 Å². The Balaban J connectivity index is 2.29. The monoisotopic (exact) mass is 354 g/mol. The van der Waals surface area contributed by atoms with Gasteiger partial charge in [0.2, 0.25) is 8.32 Å². The van der Waals surface area contributed by atoms with Crippen LogP contribution in [0.25, 0.3) is 5.57 Å². The maximum Gasteiger partial charge on any atom is 0.218 e. The molecule has 2 aromatic rings. The third-order valence-corrected chi connectivity index (χ3v) is 8.84. The van der Waals surface area contributed by atoms with Crippen molar-refractivity contribution in [3.63, 3.8) is 0 Å². The highest BCUT2D eigenvalue weighted by Gasteiger charge is 2.26. The summed E-state index contributed by atoms with van der Waals surface area (Å²) in [6, 6.07) is 17.7. The van der Waals surface area contributed by atoms with Crippen LogP contribution in [0.5, 0.6) is 0 Å². The number of rotatable bonds is 6. The van der Waals surface area contributed by atoms with Crippen LogP contribution in [0.2, 0.25) is 26.2 Å². The first-order valence-electron chi connectivity index (χ1n) is 8.78. The Labute approximate surface area is 150 Å². The lowest BCUT2D eigenvalue weighted by Gasteiger charge is -2.26. The Bertz CT molecular complexity index is 700. The fourth-order valence-corrected chi connectivity index (χ4v) is 6.25. The fourth-order valence-electron chi connectivity index (χ4n) is 2.97. The molecule has 0 radical (unpaired) electrons. The standard InChI is InChI=1S/C21H30OSi2/c1-16(2)22-24(6,7)21-10-8-9-19(15-21)17(3)18-11-13-20(14-12-18)23(4)5/h8-16,23H,3H2,1-2,4-7H3.